The molecule has 0 saturated carbocycles. The van der Waals surface area contributed by atoms with Gasteiger partial charge in [-0.15, -0.1) is 0 Å². The highest BCUT2D eigenvalue weighted by molar-refractivity contribution is 9.10. The average Bonchev–Trinajstić information content (AvgIpc) is 3.09. The zero-order valence-corrected chi connectivity index (χ0v) is 13.5. The van der Waals surface area contributed by atoms with Crippen LogP contribution in [0.5, 0.6) is 0 Å². The molecule has 2 aliphatic heterocycles. The van der Waals surface area contributed by atoms with Gasteiger partial charge in [0.05, 0.1) is 15.4 Å². The number of amides is 1. The lowest BCUT2D eigenvalue weighted by Gasteiger charge is -2.21. The van der Waals surface area contributed by atoms with Gasteiger partial charge in [0.15, 0.2) is 0 Å². The molecule has 6 heteroatoms. The Kier molecular flexibility index (Phi) is 4.17. The molecule has 0 aliphatic carbocycles. The molecule has 2 saturated heterocycles. The highest BCUT2D eigenvalue weighted by atomic mass is 79.9. The SMILES string of the molecule is O=C(C1CCN(c2ncc(Cl)cc2Br)C1)N1CCCC1. The standard InChI is InChI=1S/C14H17BrClN3O/c15-12-7-11(16)8-17-13(12)19-6-3-10(9-19)14(20)18-4-1-2-5-18/h7-8,10H,1-6,9H2. The fourth-order valence-corrected chi connectivity index (χ4v) is 3.88. The number of anilines is 1. The van der Waals surface area contributed by atoms with Crippen molar-refractivity contribution in [3.05, 3.63) is 21.8 Å². The van der Waals surface area contributed by atoms with Gasteiger partial charge in [0.2, 0.25) is 5.91 Å². The van der Waals surface area contributed by atoms with Crippen LogP contribution < -0.4 is 4.90 Å². The van der Waals surface area contributed by atoms with Crippen molar-refractivity contribution < 1.29 is 4.79 Å². The number of carbonyl (C=O) groups excluding carboxylic acids is 1. The Bertz CT molecular complexity index is 519. The zero-order chi connectivity index (χ0) is 14.1. The number of halogens is 2. The topological polar surface area (TPSA) is 36.4 Å². The molecule has 2 aliphatic rings. The van der Waals surface area contributed by atoms with E-state index in [1.807, 2.05) is 11.0 Å². The molecule has 1 unspecified atom stereocenters. The molecule has 0 aromatic carbocycles. The maximum absolute atomic E-state index is 12.4. The second-order valence-electron chi connectivity index (χ2n) is 5.42. The second kappa shape index (κ2) is 5.90. The molecule has 1 aromatic heterocycles. The van der Waals surface area contributed by atoms with E-state index in [1.54, 1.807) is 6.20 Å². The Morgan fingerprint density at radius 2 is 2.10 bits per heavy atom. The third-order valence-corrected chi connectivity index (χ3v) is 4.83. The Balaban J connectivity index is 1.68. The number of hydrogen-bond acceptors (Lipinski definition) is 3. The van der Waals surface area contributed by atoms with Crippen LogP contribution in [0.15, 0.2) is 16.7 Å². The Morgan fingerprint density at radius 1 is 1.35 bits per heavy atom. The lowest BCUT2D eigenvalue weighted by molar-refractivity contribution is -0.133. The van der Waals surface area contributed by atoms with Crippen molar-refractivity contribution in [3.63, 3.8) is 0 Å². The summed E-state index contributed by atoms with van der Waals surface area (Å²) in [4.78, 5) is 21.0. The highest BCUT2D eigenvalue weighted by Crippen LogP contribution is 2.31. The molecule has 4 nitrogen and oxygen atoms in total. The molecule has 0 spiro atoms. The summed E-state index contributed by atoms with van der Waals surface area (Å²) in [6.07, 6.45) is 4.85. The summed E-state index contributed by atoms with van der Waals surface area (Å²) in [5.41, 5.74) is 0. The van der Waals surface area contributed by atoms with Gasteiger partial charge >= 0.3 is 0 Å². The van der Waals surface area contributed by atoms with E-state index in [-0.39, 0.29) is 5.92 Å². The molecule has 3 heterocycles. The van der Waals surface area contributed by atoms with E-state index in [9.17, 15) is 4.79 Å². The summed E-state index contributed by atoms with van der Waals surface area (Å²) < 4.78 is 0.888. The normalized spacial score (nSPS) is 22.6. The van der Waals surface area contributed by atoms with Crippen molar-refractivity contribution in [3.8, 4) is 0 Å². The van der Waals surface area contributed by atoms with Crippen molar-refractivity contribution >= 4 is 39.3 Å². The first-order valence-corrected chi connectivity index (χ1v) is 8.17. The van der Waals surface area contributed by atoms with Crippen LogP contribution in [0.25, 0.3) is 0 Å². The van der Waals surface area contributed by atoms with E-state index in [1.165, 1.54) is 0 Å². The van der Waals surface area contributed by atoms with E-state index in [4.69, 9.17) is 11.6 Å². The molecular weight excluding hydrogens is 342 g/mol. The summed E-state index contributed by atoms with van der Waals surface area (Å²) in [6.45, 7) is 3.48. The molecule has 1 aromatic rings. The molecule has 108 valence electrons. The Labute approximate surface area is 132 Å². The zero-order valence-electron chi connectivity index (χ0n) is 11.2. The van der Waals surface area contributed by atoms with E-state index in [0.717, 1.165) is 55.7 Å². The minimum atomic E-state index is 0.109. The first-order valence-electron chi connectivity index (χ1n) is 7.00. The monoisotopic (exact) mass is 357 g/mol. The summed E-state index contributed by atoms with van der Waals surface area (Å²) in [5, 5.41) is 0.615. The van der Waals surface area contributed by atoms with Crippen LogP contribution >= 0.6 is 27.5 Å². The van der Waals surface area contributed by atoms with Crippen LogP contribution in [-0.2, 0) is 4.79 Å². The summed E-state index contributed by atoms with van der Waals surface area (Å²) in [7, 11) is 0. The maximum atomic E-state index is 12.4. The van der Waals surface area contributed by atoms with Gasteiger partial charge in [-0.2, -0.15) is 0 Å². The third kappa shape index (κ3) is 2.79. The number of pyridine rings is 1. The molecule has 0 radical (unpaired) electrons. The maximum Gasteiger partial charge on any atom is 0.227 e. The van der Waals surface area contributed by atoms with Crippen LogP contribution in [-0.4, -0.2) is 42.0 Å². The van der Waals surface area contributed by atoms with E-state index >= 15 is 0 Å². The molecule has 1 atom stereocenters. The average molecular weight is 359 g/mol. The van der Waals surface area contributed by atoms with Gasteiger partial charge in [-0.05, 0) is 41.3 Å². The number of hydrogen-bond donors (Lipinski definition) is 0. The van der Waals surface area contributed by atoms with E-state index < -0.39 is 0 Å². The first kappa shape index (κ1) is 14.1. The highest BCUT2D eigenvalue weighted by Gasteiger charge is 2.33. The van der Waals surface area contributed by atoms with Gasteiger partial charge in [-0.1, -0.05) is 11.6 Å². The molecule has 20 heavy (non-hydrogen) atoms. The van der Waals surface area contributed by atoms with Gasteiger partial charge in [0.1, 0.15) is 5.82 Å². The molecule has 1 amide bonds. The van der Waals surface area contributed by atoms with Crippen molar-refractivity contribution in [2.24, 2.45) is 5.92 Å². The predicted molar refractivity (Wildman–Crippen MR) is 83.1 cm³/mol. The fourth-order valence-electron chi connectivity index (χ4n) is 2.99. The van der Waals surface area contributed by atoms with Crippen LogP contribution in [0.3, 0.4) is 0 Å². The second-order valence-corrected chi connectivity index (χ2v) is 6.71. The minimum Gasteiger partial charge on any atom is -0.355 e. The number of carbonyl (C=O) groups is 1. The van der Waals surface area contributed by atoms with Crippen LogP contribution in [0, 0.1) is 5.92 Å². The largest absolute Gasteiger partial charge is 0.355 e. The number of nitrogens with zero attached hydrogens (tertiary/aromatic N) is 3. The molecule has 0 N–H and O–H groups in total. The predicted octanol–water partition coefficient (Wildman–Crippen LogP) is 2.95. The van der Waals surface area contributed by atoms with Crippen molar-refractivity contribution in [2.75, 3.05) is 31.1 Å². The molecular formula is C14H17BrClN3O. The van der Waals surface area contributed by atoms with Crippen LogP contribution in [0.4, 0.5) is 5.82 Å². The Hall–Kier alpha value is -0.810. The Morgan fingerprint density at radius 3 is 2.80 bits per heavy atom. The molecule has 3 rings (SSSR count). The van der Waals surface area contributed by atoms with Crippen LogP contribution in [0.1, 0.15) is 19.3 Å². The molecule has 2 fully saturated rings. The minimum absolute atomic E-state index is 0.109. The summed E-state index contributed by atoms with van der Waals surface area (Å²) >= 11 is 9.41. The fraction of sp³-hybridized carbons (Fsp3) is 0.571. The van der Waals surface area contributed by atoms with Crippen molar-refractivity contribution in [2.45, 2.75) is 19.3 Å². The van der Waals surface area contributed by atoms with Gasteiger partial charge < -0.3 is 9.80 Å². The third-order valence-electron chi connectivity index (χ3n) is 4.04. The lowest BCUT2D eigenvalue weighted by Crippen LogP contribution is -2.35. The number of aromatic nitrogens is 1. The lowest BCUT2D eigenvalue weighted by atomic mass is 10.1. The quantitative estimate of drug-likeness (QED) is 0.815. The summed E-state index contributed by atoms with van der Waals surface area (Å²) in [5.74, 6) is 1.30. The van der Waals surface area contributed by atoms with E-state index in [2.05, 4.69) is 25.8 Å². The summed E-state index contributed by atoms with van der Waals surface area (Å²) in [6, 6.07) is 1.85. The smallest absolute Gasteiger partial charge is 0.227 e. The number of rotatable bonds is 2. The van der Waals surface area contributed by atoms with Gasteiger partial charge in [-0.3, -0.25) is 4.79 Å². The van der Waals surface area contributed by atoms with Crippen LogP contribution in [0.2, 0.25) is 5.02 Å². The first-order chi connectivity index (χ1) is 9.65. The molecule has 0 bridgehead atoms. The van der Waals surface area contributed by atoms with E-state index in [0.29, 0.717) is 10.9 Å². The van der Waals surface area contributed by atoms with Crippen molar-refractivity contribution in [1.82, 2.24) is 9.88 Å². The van der Waals surface area contributed by atoms with Gasteiger partial charge in [-0.25, -0.2) is 4.98 Å². The van der Waals surface area contributed by atoms with Gasteiger partial charge in [0, 0.05) is 32.4 Å². The van der Waals surface area contributed by atoms with Crippen molar-refractivity contribution in [1.29, 1.82) is 0 Å². The number of likely N-dealkylation sites (tertiary alicyclic amines) is 1. The van der Waals surface area contributed by atoms with Gasteiger partial charge in [0.25, 0.3) is 0 Å².